The van der Waals surface area contributed by atoms with Crippen LogP contribution in [0.3, 0.4) is 0 Å². The van der Waals surface area contributed by atoms with Crippen LogP contribution in [-0.4, -0.2) is 23.2 Å². The van der Waals surface area contributed by atoms with Gasteiger partial charge in [-0.3, -0.25) is 4.79 Å². The minimum Gasteiger partial charge on any atom is -0.491 e. The summed E-state index contributed by atoms with van der Waals surface area (Å²) in [6, 6.07) is 7.75. The molecular weight excluding hydrogens is 254 g/mol. The van der Waals surface area contributed by atoms with E-state index in [1.165, 1.54) is 5.56 Å². The Bertz CT molecular complexity index is 485. The molecule has 1 atom stereocenters. The highest BCUT2D eigenvalue weighted by Gasteiger charge is 2.49. The third-order valence-corrected chi connectivity index (χ3v) is 3.90. The summed E-state index contributed by atoms with van der Waals surface area (Å²) in [4.78, 5) is 11.3. The summed E-state index contributed by atoms with van der Waals surface area (Å²) in [5, 5.41) is 9.27. The monoisotopic (exact) mass is 277 g/mol. The summed E-state index contributed by atoms with van der Waals surface area (Å²) < 4.78 is 5.60. The average Bonchev–Trinajstić information content (AvgIpc) is 3.19. The molecule has 1 saturated carbocycles. The summed E-state index contributed by atoms with van der Waals surface area (Å²) in [6.45, 7) is 6.45. The molecule has 1 fully saturated rings. The van der Waals surface area contributed by atoms with Crippen LogP contribution in [0.4, 0.5) is 0 Å². The van der Waals surface area contributed by atoms with Crippen LogP contribution in [0.1, 0.15) is 39.2 Å². The zero-order chi connectivity index (χ0) is 15.0. The number of hydrogen-bond acceptors (Lipinski definition) is 3. The molecule has 0 amide bonds. The number of hydrogen-bond donors (Lipinski definition) is 2. The Kier molecular flexibility index (Phi) is 3.78. The Morgan fingerprint density at radius 2 is 1.85 bits per heavy atom. The van der Waals surface area contributed by atoms with Crippen molar-refractivity contribution in [1.29, 1.82) is 0 Å². The molecule has 0 spiro atoms. The minimum atomic E-state index is -1.26. The van der Waals surface area contributed by atoms with Crippen LogP contribution in [0.15, 0.2) is 24.3 Å². The second-order valence-corrected chi connectivity index (χ2v) is 6.68. The molecule has 20 heavy (non-hydrogen) atoms. The third kappa shape index (κ3) is 3.12. The van der Waals surface area contributed by atoms with Crippen molar-refractivity contribution in [3.05, 3.63) is 29.8 Å². The van der Waals surface area contributed by atoms with Gasteiger partial charge in [-0.05, 0) is 41.9 Å². The molecule has 110 valence electrons. The Labute approximate surface area is 119 Å². The minimum absolute atomic E-state index is 0.0157. The number of carboxylic acid groups (broad SMARTS) is 1. The fraction of sp³-hybridized carbons (Fsp3) is 0.562. The smallest absolute Gasteiger partial charge is 0.327 e. The number of carboxylic acids is 1. The van der Waals surface area contributed by atoms with Gasteiger partial charge in [-0.2, -0.15) is 0 Å². The first kappa shape index (κ1) is 14.9. The SMILES string of the molecule is CC(C)(C)c1ccc(OCC(N)(C(=O)O)C2CC2)cc1. The van der Waals surface area contributed by atoms with E-state index in [2.05, 4.69) is 20.8 Å². The van der Waals surface area contributed by atoms with Crippen molar-refractivity contribution in [2.75, 3.05) is 6.61 Å². The van der Waals surface area contributed by atoms with E-state index in [4.69, 9.17) is 10.5 Å². The Balaban J connectivity index is 2.02. The van der Waals surface area contributed by atoms with E-state index < -0.39 is 11.5 Å². The molecule has 4 heteroatoms. The molecular formula is C16H23NO3. The highest BCUT2D eigenvalue weighted by molar-refractivity contribution is 5.79. The van der Waals surface area contributed by atoms with E-state index in [1.54, 1.807) is 0 Å². The van der Waals surface area contributed by atoms with Crippen molar-refractivity contribution in [2.45, 2.75) is 44.6 Å². The summed E-state index contributed by atoms with van der Waals surface area (Å²) >= 11 is 0. The maximum Gasteiger partial charge on any atom is 0.327 e. The quantitative estimate of drug-likeness (QED) is 0.867. The number of carbonyl (C=O) groups is 1. The molecule has 0 aliphatic heterocycles. The van der Waals surface area contributed by atoms with Crippen LogP contribution in [-0.2, 0) is 10.2 Å². The van der Waals surface area contributed by atoms with E-state index in [9.17, 15) is 9.90 Å². The normalized spacial score (nSPS) is 18.4. The third-order valence-electron chi connectivity index (χ3n) is 3.90. The Morgan fingerprint density at radius 3 is 2.25 bits per heavy atom. The van der Waals surface area contributed by atoms with Gasteiger partial charge in [0.2, 0.25) is 0 Å². The Morgan fingerprint density at radius 1 is 1.30 bits per heavy atom. The number of benzene rings is 1. The van der Waals surface area contributed by atoms with Gasteiger partial charge < -0.3 is 15.6 Å². The highest BCUT2D eigenvalue weighted by atomic mass is 16.5. The molecule has 1 aliphatic carbocycles. The summed E-state index contributed by atoms with van der Waals surface area (Å²) in [6.07, 6.45) is 1.74. The van der Waals surface area contributed by atoms with Crippen LogP contribution in [0.5, 0.6) is 5.75 Å². The zero-order valence-electron chi connectivity index (χ0n) is 12.3. The first-order valence-corrected chi connectivity index (χ1v) is 6.99. The first-order valence-electron chi connectivity index (χ1n) is 6.99. The van der Waals surface area contributed by atoms with Crippen LogP contribution < -0.4 is 10.5 Å². The summed E-state index contributed by atoms with van der Waals surface area (Å²) in [7, 11) is 0. The molecule has 0 aromatic heterocycles. The van der Waals surface area contributed by atoms with Gasteiger partial charge in [-0.1, -0.05) is 32.9 Å². The predicted molar refractivity (Wildman–Crippen MR) is 77.9 cm³/mol. The van der Waals surface area contributed by atoms with Crippen molar-refractivity contribution in [1.82, 2.24) is 0 Å². The van der Waals surface area contributed by atoms with Crippen molar-refractivity contribution in [2.24, 2.45) is 11.7 Å². The van der Waals surface area contributed by atoms with Crippen molar-refractivity contribution >= 4 is 5.97 Å². The van der Waals surface area contributed by atoms with Gasteiger partial charge in [0.1, 0.15) is 12.4 Å². The zero-order valence-corrected chi connectivity index (χ0v) is 12.3. The molecule has 1 aliphatic rings. The lowest BCUT2D eigenvalue weighted by Crippen LogP contribution is -2.54. The van der Waals surface area contributed by atoms with Gasteiger partial charge in [0.15, 0.2) is 5.54 Å². The second-order valence-electron chi connectivity index (χ2n) is 6.68. The van der Waals surface area contributed by atoms with Crippen molar-refractivity contribution in [3.8, 4) is 5.75 Å². The topological polar surface area (TPSA) is 72.5 Å². The first-order chi connectivity index (χ1) is 9.23. The molecule has 2 rings (SSSR count). The van der Waals surface area contributed by atoms with E-state index in [0.29, 0.717) is 5.75 Å². The van der Waals surface area contributed by atoms with E-state index >= 15 is 0 Å². The lowest BCUT2D eigenvalue weighted by molar-refractivity contribution is -0.145. The van der Waals surface area contributed by atoms with Gasteiger partial charge in [0.05, 0.1) is 0 Å². The highest BCUT2D eigenvalue weighted by Crippen LogP contribution is 2.38. The molecule has 1 aromatic carbocycles. The van der Waals surface area contributed by atoms with Gasteiger partial charge >= 0.3 is 5.97 Å². The lowest BCUT2D eigenvalue weighted by atomic mass is 9.87. The van der Waals surface area contributed by atoms with Gasteiger partial charge in [0.25, 0.3) is 0 Å². The van der Waals surface area contributed by atoms with E-state index in [-0.39, 0.29) is 17.9 Å². The maximum atomic E-state index is 11.3. The van der Waals surface area contributed by atoms with Gasteiger partial charge in [-0.15, -0.1) is 0 Å². The molecule has 3 N–H and O–H groups in total. The molecule has 0 heterocycles. The fourth-order valence-corrected chi connectivity index (χ4v) is 2.21. The Hall–Kier alpha value is -1.55. The lowest BCUT2D eigenvalue weighted by Gasteiger charge is -2.25. The van der Waals surface area contributed by atoms with Crippen LogP contribution in [0.25, 0.3) is 0 Å². The molecule has 1 aromatic rings. The fourth-order valence-electron chi connectivity index (χ4n) is 2.21. The standard InChI is InChI=1S/C16H23NO3/c1-15(2,3)11-6-8-13(9-7-11)20-10-16(17,14(18)19)12-4-5-12/h6-9,12H,4-5,10,17H2,1-3H3,(H,18,19). The maximum absolute atomic E-state index is 11.3. The molecule has 1 unspecified atom stereocenters. The van der Waals surface area contributed by atoms with E-state index in [0.717, 1.165) is 12.8 Å². The van der Waals surface area contributed by atoms with Crippen LogP contribution in [0, 0.1) is 5.92 Å². The van der Waals surface area contributed by atoms with Gasteiger partial charge in [-0.25, -0.2) is 0 Å². The number of rotatable bonds is 5. The molecule has 0 radical (unpaired) electrons. The number of ether oxygens (including phenoxy) is 1. The van der Waals surface area contributed by atoms with E-state index in [1.807, 2.05) is 24.3 Å². The average molecular weight is 277 g/mol. The predicted octanol–water partition coefficient (Wildman–Crippen LogP) is 2.56. The van der Waals surface area contributed by atoms with Crippen LogP contribution in [0.2, 0.25) is 0 Å². The summed E-state index contributed by atoms with van der Waals surface area (Å²) in [5.74, 6) is -0.283. The molecule has 4 nitrogen and oxygen atoms in total. The van der Waals surface area contributed by atoms with Crippen LogP contribution >= 0.6 is 0 Å². The summed E-state index contributed by atoms with van der Waals surface area (Å²) in [5.41, 5.74) is 6.01. The molecule has 0 bridgehead atoms. The van der Waals surface area contributed by atoms with Crippen molar-refractivity contribution < 1.29 is 14.6 Å². The molecule has 0 saturated heterocycles. The second kappa shape index (κ2) is 5.09. The number of aliphatic carboxylic acids is 1. The largest absolute Gasteiger partial charge is 0.491 e. The van der Waals surface area contributed by atoms with Crippen molar-refractivity contribution in [3.63, 3.8) is 0 Å². The number of nitrogens with two attached hydrogens (primary N) is 1. The van der Waals surface area contributed by atoms with Gasteiger partial charge in [0, 0.05) is 0 Å².